The third kappa shape index (κ3) is 16.7. The van der Waals surface area contributed by atoms with Crippen molar-refractivity contribution in [3.05, 3.63) is 28.8 Å². The van der Waals surface area contributed by atoms with Gasteiger partial charge in [0.25, 0.3) is 0 Å². The van der Waals surface area contributed by atoms with Crippen molar-refractivity contribution in [2.24, 2.45) is 0 Å². The summed E-state index contributed by atoms with van der Waals surface area (Å²) < 4.78 is 27.8. The second-order valence-corrected chi connectivity index (χ2v) is 11.6. The number of unbranched alkanes of at least 4 members (excludes halogenated alkanes) is 15. The van der Waals surface area contributed by atoms with E-state index >= 15 is 0 Å². The van der Waals surface area contributed by atoms with Crippen LogP contribution in [0.3, 0.4) is 0 Å². The van der Waals surface area contributed by atoms with Gasteiger partial charge in [0.15, 0.2) is 5.75 Å². The van der Waals surface area contributed by atoms with Crippen molar-refractivity contribution >= 4 is 7.82 Å². The zero-order valence-corrected chi connectivity index (χ0v) is 25.1. The first-order valence-electron chi connectivity index (χ1n) is 14.7. The van der Waals surface area contributed by atoms with Crippen molar-refractivity contribution in [1.29, 1.82) is 10.5 Å². The number of ether oxygens (including phenoxy) is 2. The van der Waals surface area contributed by atoms with Gasteiger partial charge in [-0.05, 0) is 38.0 Å². The van der Waals surface area contributed by atoms with Crippen LogP contribution in [0.1, 0.15) is 133 Å². The van der Waals surface area contributed by atoms with E-state index in [1.165, 1.54) is 90.4 Å². The molecule has 0 aromatic heterocycles. The summed E-state index contributed by atoms with van der Waals surface area (Å²) in [5, 5.41) is 19.0. The molecular weight excluding hydrogens is 515 g/mol. The molecule has 1 aromatic rings. The van der Waals surface area contributed by atoms with Crippen molar-refractivity contribution in [2.75, 3.05) is 6.61 Å². The fraction of sp³-hybridized carbons (Fsp3) is 0.733. The van der Waals surface area contributed by atoms with Crippen LogP contribution < -0.4 is 4.74 Å². The molecule has 220 valence electrons. The van der Waals surface area contributed by atoms with Crippen LogP contribution in [0.25, 0.3) is 0 Å². The Hall–Kier alpha value is -1.93. The molecule has 0 radical (unpaired) electrons. The summed E-state index contributed by atoms with van der Waals surface area (Å²) in [5.41, 5.74) is 1.01. The van der Waals surface area contributed by atoms with Crippen LogP contribution in [0, 0.1) is 29.6 Å². The Kier molecular flexibility index (Phi) is 18.8. The van der Waals surface area contributed by atoms with Gasteiger partial charge in [0.2, 0.25) is 6.29 Å². The lowest BCUT2D eigenvalue weighted by atomic mass is 10.0. The molecular formula is C30H49N2O6P. The highest BCUT2D eigenvalue weighted by Gasteiger charge is 2.29. The van der Waals surface area contributed by atoms with Gasteiger partial charge in [-0.1, -0.05) is 103 Å². The molecule has 0 aliphatic carbocycles. The van der Waals surface area contributed by atoms with Crippen LogP contribution in [-0.4, -0.2) is 28.8 Å². The minimum absolute atomic E-state index is 0.0173. The van der Waals surface area contributed by atoms with E-state index in [1.807, 2.05) is 12.1 Å². The lowest BCUT2D eigenvalue weighted by molar-refractivity contribution is -0.137. The zero-order chi connectivity index (χ0) is 28.9. The van der Waals surface area contributed by atoms with E-state index in [2.05, 4.69) is 6.92 Å². The molecule has 2 N–H and O–H groups in total. The third-order valence-electron chi connectivity index (χ3n) is 6.68. The molecule has 0 bridgehead atoms. The first kappa shape index (κ1) is 35.1. The Labute approximate surface area is 235 Å². The van der Waals surface area contributed by atoms with E-state index in [4.69, 9.17) is 14.0 Å². The van der Waals surface area contributed by atoms with Crippen LogP contribution in [0.4, 0.5) is 0 Å². The van der Waals surface area contributed by atoms with Gasteiger partial charge in [-0.3, -0.25) is 4.52 Å². The minimum atomic E-state index is -4.79. The van der Waals surface area contributed by atoms with E-state index in [0.29, 0.717) is 6.61 Å². The molecule has 0 aliphatic heterocycles. The Morgan fingerprint density at radius 3 is 1.59 bits per heavy atom. The molecule has 0 saturated heterocycles. The minimum Gasteiger partial charge on any atom is -0.459 e. The first-order chi connectivity index (χ1) is 18.7. The zero-order valence-electron chi connectivity index (χ0n) is 24.2. The fourth-order valence-electron chi connectivity index (χ4n) is 4.56. The lowest BCUT2D eigenvalue weighted by Gasteiger charge is -2.26. The smallest absolute Gasteiger partial charge is 0.459 e. The summed E-state index contributed by atoms with van der Waals surface area (Å²) >= 11 is 0. The predicted octanol–water partition coefficient (Wildman–Crippen LogP) is 8.22. The van der Waals surface area contributed by atoms with E-state index < -0.39 is 20.2 Å². The number of nitriles is 2. The highest BCUT2D eigenvalue weighted by atomic mass is 31.2. The van der Waals surface area contributed by atoms with Crippen molar-refractivity contribution in [2.45, 2.75) is 136 Å². The number of phosphoric acid groups is 1. The normalized spacial score (nSPS) is 13.0. The van der Waals surface area contributed by atoms with Gasteiger partial charge in [0, 0.05) is 0 Å². The number of rotatable bonds is 23. The van der Waals surface area contributed by atoms with Crippen molar-refractivity contribution < 1.29 is 28.3 Å². The number of benzene rings is 1. The molecule has 0 aliphatic rings. The Morgan fingerprint density at radius 1 is 0.795 bits per heavy atom. The molecule has 1 unspecified atom stereocenters. The Balaban J connectivity index is 2.34. The molecule has 9 heteroatoms. The molecule has 0 spiro atoms. The summed E-state index contributed by atoms with van der Waals surface area (Å²) in [6.45, 7) is 5.74. The van der Waals surface area contributed by atoms with Crippen LogP contribution >= 0.6 is 7.82 Å². The maximum atomic E-state index is 11.4. The maximum absolute atomic E-state index is 11.4. The second-order valence-electron chi connectivity index (χ2n) is 10.4. The van der Waals surface area contributed by atoms with E-state index in [1.54, 1.807) is 19.1 Å². The number of phosphoric ester groups is 1. The number of hydrogen-bond acceptors (Lipinski definition) is 6. The van der Waals surface area contributed by atoms with E-state index in [9.17, 15) is 24.9 Å². The maximum Gasteiger partial charge on any atom is 0.470 e. The summed E-state index contributed by atoms with van der Waals surface area (Å²) in [6, 6.07) is 7.17. The van der Waals surface area contributed by atoms with Crippen LogP contribution in [0.5, 0.6) is 5.75 Å². The van der Waals surface area contributed by atoms with Crippen molar-refractivity contribution in [1.82, 2.24) is 0 Å². The van der Waals surface area contributed by atoms with E-state index in [-0.39, 0.29) is 16.9 Å². The monoisotopic (exact) mass is 564 g/mol. The van der Waals surface area contributed by atoms with Crippen LogP contribution in [0.2, 0.25) is 0 Å². The summed E-state index contributed by atoms with van der Waals surface area (Å²) in [7, 11) is -4.79. The molecule has 0 saturated carbocycles. The quantitative estimate of drug-likeness (QED) is 0.0771. The van der Waals surface area contributed by atoms with Gasteiger partial charge >= 0.3 is 7.82 Å². The third-order valence-corrected chi connectivity index (χ3v) is 7.28. The number of hydrogen-bond donors (Lipinski definition) is 2. The van der Waals surface area contributed by atoms with Gasteiger partial charge in [-0.25, -0.2) is 4.57 Å². The van der Waals surface area contributed by atoms with Crippen molar-refractivity contribution in [3.8, 4) is 17.9 Å². The highest BCUT2D eigenvalue weighted by Crippen LogP contribution is 2.39. The van der Waals surface area contributed by atoms with Gasteiger partial charge in [-0.15, -0.1) is 0 Å². The molecule has 0 fully saturated rings. The van der Waals surface area contributed by atoms with Crippen LogP contribution in [0.15, 0.2) is 12.1 Å². The highest BCUT2D eigenvalue weighted by molar-refractivity contribution is 7.46. The summed E-state index contributed by atoms with van der Waals surface area (Å²) in [6.07, 6.45) is 17.8. The molecule has 0 amide bonds. The van der Waals surface area contributed by atoms with E-state index in [0.717, 1.165) is 24.8 Å². The molecule has 1 rings (SSSR count). The summed E-state index contributed by atoms with van der Waals surface area (Å²) in [5.74, 6) is 0.0173. The van der Waals surface area contributed by atoms with Crippen LogP contribution in [-0.2, 0) is 13.8 Å². The molecule has 0 heterocycles. The average Bonchev–Trinajstić information content (AvgIpc) is 2.88. The molecule has 8 nitrogen and oxygen atoms in total. The molecule has 1 aromatic carbocycles. The first-order valence-corrected chi connectivity index (χ1v) is 16.2. The largest absolute Gasteiger partial charge is 0.470 e. The molecule has 39 heavy (non-hydrogen) atoms. The number of aryl methyl sites for hydroxylation is 1. The van der Waals surface area contributed by atoms with Gasteiger partial charge < -0.3 is 19.3 Å². The second kappa shape index (κ2) is 20.9. The Morgan fingerprint density at radius 2 is 1.21 bits per heavy atom. The van der Waals surface area contributed by atoms with Gasteiger partial charge in [-0.2, -0.15) is 10.5 Å². The number of nitrogens with zero attached hydrogens (tertiary/aromatic N) is 2. The Bertz CT molecular complexity index is 901. The summed E-state index contributed by atoms with van der Waals surface area (Å²) in [4.78, 5) is 18.5. The fourth-order valence-corrected chi connectivity index (χ4v) is 5.10. The average molecular weight is 565 g/mol. The topological polar surface area (TPSA) is 133 Å². The SMILES string of the molecule is CCCCCCCCCCCCCCCCCCO[C@H](Oc1c(C#N)cc(C)cc1C#N)C(C)OP(=O)(O)O. The predicted molar refractivity (Wildman–Crippen MR) is 153 cm³/mol. The van der Waals surface area contributed by atoms with Gasteiger partial charge in [0.05, 0.1) is 17.7 Å². The standard InChI is InChI=1S/C30H49N2O6P/c1-4-5-6-7-8-9-10-11-12-13-14-15-16-17-18-19-20-36-30(26(3)38-39(33,34)35)37-29-27(23-31)21-25(2)22-28(29)24-32/h21-22,26,30H,4-20H2,1-3H3,(H2,33,34,35)/t26?,30-/m1/s1. The van der Waals surface area contributed by atoms with Crippen molar-refractivity contribution in [3.63, 3.8) is 0 Å². The molecule has 2 atom stereocenters. The lowest BCUT2D eigenvalue weighted by Crippen LogP contribution is -2.34. The van der Waals surface area contributed by atoms with Gasteiger partial charge in [0.1, 0.15) is 18.2 Å².